The molecule has 4 aliphatic carbocycles. The number of aromatic nitrogens is 2. The normalized spacial score (nSPS) is 31.6. The Morgan fingerprint density at radius 3 is 2.53 bits per heavy atom. The number of likely N-dealkylation sites (tertiary alicyclic amines) is 1. The monoisotopic (exact) mass is 701 g/mol. The van der Waals surface area contributed by atoms with Gasteiger partial charge < -0.3 is 9.84 Å². The van der Waals surface area contributed by atoms with E-state index in [4.69, 9.17) is 26.3 Å². The highest BCUT2D eigenvalue weighted by molar-refractivity contribution is 6.34. The van der Waals surface area contributed by atoms with E-state index in [0.717, 1.165) is 71.5 Å². The van der Waals surface area contributed by atoms with Gasteiger partial charge in [0.1, 0.15) is 17.4 Å². The first kappa shape index (κ1) is 32.0. The smallest absolute Gasteiger partial charge is 0.317 e. The van der Waals surface area contributed by atoms with Crippen LogP contribution in [0.15, 0.2) is 72.8 Å². The Balaban J connectivity index is 1.12. The largest absolute Gasteiger partial charge is 0.508 e. The molecule has 51 heavy (non-hydrogen) atoms. The summed E-state index contributed by atoms with van der Waals surface area (Å²) in [6, 6.07) is 23.5. The maximum Gasteiger partial charge on any atom is 0.317 e. The second-order valence-corrected chi connectivity index (χ2v) is 17.0. The Hall–Kier alpha value is -3.74. The van der Waals surface area contributed by atoms with Crippen molar-refractivity contribution in [2.24, 2.45) is 40.9 Å². The number of hydrogen-bond donors (Lipinski definition) is 1. The van der Waals surface area contributed by atoms with Crippen molar-refractivity contribution >= 4 is 33.3 Å². The van der Waals surface area contributed by atoms with E-state index >= 15 is 4.39 Å². The number of halogens is 2. The zero-order valence-electron chi connectivity index (χ0n) is 29.4. The van der Waals surface area contributed by atoms with Gasteiger partial charge in [-0.3, -0.25) is 4.90 Å². The SMILES string of the molecule is C[C@@H]1CC23CCC2C(Cc2nc(OC(c4ccccc4)[C@@H]4CCCN4C)nc4c(F)c(-c5cc(O)cc6ccccc56)c(Cl)cc24)C3C2CCC21. The fraction of sp³-hybridized carbons (Fsp3) is 0.455. The minimum atomic E-state index is -0.506. The molecule has 1 N–H and O–H groups in total. The number of phenolic OH excluding ortho intramolecular Hbond substituents is 1. The summed E-state index contributed by atoms with van der Waals surface area (Å²) < 4.78 is 24.2. The van der Waals surface area contributed by atoms with Crippen LogP contribution < -0.4 is 4.74 Å². The number of fused-ring (bicyclic) bond motifs is 4. The van der Waals surface area contributed by atoms with Gasteiger partial charge in [-0.15, -0.1) is 0 Å². The number of likely N-dealkylation sites (N-methyl/N-ethyl adjacent to an activating group) is 1. The molecule has 5 aromatic rings. The van der Waals surface area contributed by atoms with Crippen LogP contribution in [0.4, 0.5) is 4.39 Å². The van der Waals surface area contributed by atoms with Crippen molar-refractivity contribution in [3.8, 4) is 22.9 Å². The van der Waals surface area contributed by atoms with Gasteiger partial charge in [0.2, 0.25) is 0 Å². The number of nitrogens with zero attached hydrogens (tertiary/aromatic N) is 3. The molecule has 1 aliphatic heterocycles. The van der Waals surface area contributed by atoms with Crippen molar-refractivity contribution in [2.45, 2.75) is 70.4 Å². The average molecular weight is 702 g/mol. The summed E-state index contributed by atoms with van der Waals surface area (Å²) in [7, 11) is 2.15. The number of aromatic hydroxyl groups is 1. The van der Waals surface area contributed by atoms with E-state index in [1.165, 1.54) is 32.1 Å². The molecule has 7 heteroatoms. The van der Waals surface area contributed by atoms with E-state index in [-0.39, 0.29) is 35.0 Å². The molecule has 10 rings (SSSR count). The molecule has 4 aromatic carbocycles. The fourth-order valence-corrected chi connectivity index (χ4v) is 12.3. The molecular formula is C44H45ClFN3O2. The average Bonchev–Trinajstić information content (AvgIpc) is 3.53. The lowest BCUT2D eigenvalue weighted by molar-refractivity contribution is -0.283. The Labute approximate surface area is 304 Å². The molecule has 262 valence electrons. The van der Waals surface area contributed by atoms with Crippen LogP contribution in [0.1, 0.15) is 69.2 Å². The van der Waals surface area contributed by atoms with Crippen molar-refractivity contribution in [3.05, 3.63) is 94.9 Å². The lowest BCUT2D eigenvalue weighted by Crippen LogP contribution is -2.71. The number of ether oxygens (including phenoxy) is 1. The Kier molecular flexibility index (Phi) is 7.45. The first-order chi connectivity index (χ1) is 24.8. The van der Waals surface area contributed by atoms with Gasteiger partial charge in [0.25, 0.3) is 0 Å². The number of phenols is 1. The standard InChI is InChI=1S/C44H45ClFN3O2/c1-24-23-44-17-16-34(44)32(39(44)30-15-14-28(24)30)22-36-33-21-35(45)38(31-20-27(50)19-26-11-6-7-12-29(26)31)40(46)41(33)48-43(47-36)51-42(25-9-4-3-5-10-25)37-13-8-18-49(37)2/h3-7,9-12,19-21,24,28,30,32,34,37,39,42,50H,8,13-18,22-23H2,1-2H3/t24-,28?,30?,32?,34?,37+,39?,42?,44?/m1/s1. The van der Waals surface area contributed by atoms with Gasteiger partial charge in [0.05, 0.1) is 16.8 Å². The Bertz CT molecular complexity index is 2180. The first-order valence-corrected chi connectivity index (χ1v) is 19.5. The first-order valence-electron chi connectivity index (χ1n) is 19.1. The molecule has 5 fully saturated rings. The maximum atomic E-state index is 17.4. The second kappa shape index (κ2) is 11.9. The van der Waals surface area contributed by atoms with Crippen molar-refractivity contribution in [3.63, 3.8) is 0 Å². The molecule has 7 unspecified atom stereocenters. The summed E-state index contributed by atoms with van der Waals surface area (Å²) >= 11 is 7.08. The predicted molar refractivity (Wildman–Crippen MR) is 200 cm³/mol. The van der Waals surface area contributed by atoms with Gasteiger partial charge in [0.15, 0.2) is 5.82 Å². The van der Waals surface area contributed by atoms with Crippen LogP contribution in [0.5, 0.6) is 11.8 Å². The van der Waals surface area contributed by atoms with Crippen molar-refractivity contribution in [1.29, 1.82) is 0 Å². The molecule has 2 heterocycles. The Morgan fingerprint density at radius 2 is 1.78 bits per heavy atom. The van der Waals surface area contributed by atoms with Crippen LogP contribution in [-0.4, -0.2) is 39.6 Å². The topological polar surface area (TPSA) is 58.5 Å². The fourth-order valence-electron chi connectivity index (χ4n) is 12.0. The van der Waals surface area contributed by atoms with E-state index in [1.807, 2.05) is 48.5 Å². The second-order valence-electron chi connectivity index (χ2n) is 16.6. The molecule has 9 atom stereocenters. The molecule has 1 spiro atoms. The van der Waals surface area contributed by atoms with E-state index < -0.39 is 5.82 Å². The quantitative estimate of drug-likeness (QED) is 0.183. The van der Waals surface area contributed by atoms with Gasteiger partial charge in [0, 0.05) is 10.9 Å². The lowest BCUT2D eigenvalue weighted by Gasteiger charge is -2.77. The van der Waals surface area contributed by atoms with Crippen LogP contribution >= 0.6 is 11.6 Å². The number of rotatable bonds is 7. The molecule has 5 nitrogen and oxygen atoms in total. The van der Waals surface area contributed by atoms with Gasteiger partial charge in [-0.1, -0.05) is 73.1 Å². The molecule has 0 bridgehead atoms. The van der Waals surface area contributed by atoms with Crippen molar-refractivity contribution in [1.82, 2.24) is 14.9 Å². The molecule has 5 aliphatic rings. The zero-order chi connectivity index (χ0) is 34.6. The van der Waals surface area contributed by atoms with Crippen LogP contribution in [0, 0.1) is 46.7 Å². The highest BCUT2D eigenvalue weighted by Gasteiger charge is 2.71. The highest BCUT2D eigenvalue weighted by atomic mass is 35.5. The molecule has 1 aromatic heterocycles. The summed E-state index contributed by atoms with van der Waals surface area (Å²) in [6.07, 6.45) is 9.32. The maximum absolute atomic E-state index is 17.4. The van der Waals surface area contributed by atoms with Gasteiger partial charge in [-0.25, -0.2) is 4.39 Å². The molecule has 0 amide bonds. The summed E-state index contributed by atoms with van der Waals surface area (Å²) in [4.78, 5) is 12.5. The molecule has 4 saturated carbocycles. The zero-order valence-corrected chi connectivity index (χ0v) is 30.1. The Morgan fingerprint density at radius 1 is 0.980 bits per heavy atom. The van der Waals surface area contributed by atoms with Crippen molar-refractivity contribution < 1.29 is 14.2 Å². The molecule has 0 radical (unpaired) electrons. The van der Waals surface area contributed by atoms with E-state index in [1.54, 1.807) is 12.1 Å². The number of benzene rings is 4. The summed E-state index contributed by atoms with van der Waals surface area (Å²) in [5.41, 5.74) is 3.42. The third-order valence-corrected chi connectivity index (χ3v) is 14.6. The lowest BCUT2D eigenvalue weighted by atomic mass is 9.28. The summed E-state index contributed by atoms with van der Waals surface area (Å²) in [5.74, 6) is 4.01. The van der Waals surface area contributed by atoms with Crippen molar-refractivity contribution in [2.75, 3.05) is 13.6 Å². The van der Waals surface area contributed by atoms with Crippen LogP contribution in [-0.2, 0) is 6.42 Å². The predicted octanol–water partition coefficient (Wildman–Crippen LogP) is 10.4. The van der Waals surface area contributed by atoms with E-state index in [9.17, 15) is 5.11 Å². The van der Waals surface area contributed by atoms with Crippen LogP contribution in [0.2, 0.25) is 5.02 Å². The summed E-state index contributed by atoms with van der Waals surface area (Å²) in [6.45, 7) is 3.50. The van der Waals surface area contributed by atoms with E-state index in [2.05, 4.69) is 31.0 Å². The van der Waals surface area contributed by atoms with Crippen LogP contribution in [0.25, 0.3) is 32.8 Å². The van der Waals surface area contributed by atoms with Gasteiger partial charge >= 0.3 is 6.01 Å². The van der Waals surface area contributed by atoms with E-state index in [0.29, 0.717) is 33.2 Å². The minimum Gasteiger partial charge on any atom is -0.508 e. The number of hydrogen-bond acceptors (Lipinski definition) is 5. The minimum absolute atomic E-state index is 0.0584. The third kappa shape index (κ3) is 4.81. The molecular weight excluding hydrogens is 657 g/mol. The molecule has 1 saturated heterocycles. The van der Waals surface area contributed by atoms with Gasteiger partial charge in [-0.05, 0) is 146 Å². The van der Waals surface area contributed by atoms with Crippen LogP contribution in [0.3, 0.4) is 0 Å². The summed E-state index contributed by atoms with van der Waals surface area (Å²) in [5, 5.41) is 13.3. The highest BCUT2D eigenvalue weighted by Crippen LogP contribution is 2.78. The third-order valence-electron chi connectivity index (χ3n) is 14.4. The van der Waals surface area contributed by atoms with Gasteiger partial charge in [-0.2, -0.15) is 9.97 Å².